The molecule has 160 valence electrons. The third kappa shape index (κ3) is 3.29. The SMILES string of the molecule is O=c1c2c3n(c(SCc4cn5cccnc5n4)nc-2nn1-c1ccccc1)CCCCC3. The summed E-state index contributed by atoms with van der Waals surface area (Å²) in [4.78, 5) is 27.1. The fourth-order valence-corrected chi connectivity index (χ4v) is 5.22. The first-order valence-corrected chi connectivity index (χ1v) is 11.8. The lowest BCUT2D eigenvalue weighted by molar-refractivity contribution is 0.571. The number of hydrogen-bond acceptors (Lipinski definition) is 6. The summed E-state index contributed by atoms with van der Waals surface area (Å²) in [5, 5.41) is 5.49. The molecule has 9 heteroatoms. The highest BCUT2D eigenvalue weighted by Crippen LogP contribution is 2.31. The van der Waals surface area contributed by atoms with Crippen LogP contribution >= 0.6 is 11.8 Å². The first-order chi connectivity index (χ1) is 15.8. The molecule has 0 fully saturated rings. The van der Waals surface area contributed by atoms with E-state index in [1.54, 1.807) is 18.0 Å². The van der Waals surface area contributed by atoms with Crippen molar-refractivity contribution in [3.63, 3.8) is 0 Å². The number of thioether (sulfide) groups is 1. The van der Waals surface area contributed by atoms with Gasteiger partial charge in [0.2, 0.25) is 5.78 Å². The molecule has 2 aromatic heterocycles. The van der Waals surface area contributed by atoms with Crippen molar-refractivity contribution < 1.29 is 0 Å². The number of aromatic nitrogens is 7. The maximum Gasteiger partial charge on any atom is 0.284 e. The second-order valence-corrected chi connectivity index (χ2v) is 8.84. The van der Waals surface area contributed by atoms with Crippen molar-refractivity contribution in [1.82, 2.24) is 33.7 Å². The van der Waals surface area contributed by atoms with Crippen LogP contribution in [0.2, 0.25) is 0 Å². The summed E-state index contributed by atoms with van der Waals surface area (Å²) in [5.74, 6) is 1.88. The Morgan fingerprint density at radius 1 is 1.03 bits per heavy atom. The van der Waals surface area contributed by atoms with E-state index >= 15 is 0 Å². The Kier molecular flexibility index (Phi) is 4.75. The predicted octanol–water partition coefficient (Wildman–Crippen LogP) is 3.60. The molecule has 0 atom stereocenters. The van der Waals surface area contributed by atoms with Crippen LogP contribution in [-0.2, 0) is 18.7 Å². The van der Waals surface area contributed by atoms with Gasteiger partial charge in [0.1, 0.15) is 5.56 Å². The van der Waals surface area contributed by atoms with Gasteiger partial charge in [-0.1, -0.05) is 36.4 Å². The molecule has 0 unspecified atom stereocenters. The Hall–Kier alpha value is -3.46. The van der Waals surface area contributed by atoms with E-state index in [4.69, 9.17) is 4.98 Å². The fraction of sp³-hybridized carbons (Fsp3) is 0.261. The zero-order valence-corrected chi connectivity index (χ0v) is 18.2. The Labute approximate surface area is 188 Å². The fourth-order valence-electron chi connectivity index (χ4n) is 4.30. The van der Waals surface area contributed by atoms with E-state index in [1.807, 2.05) is 53.2 Å². The average molecular weight is 444 g/mol. The van der Waals surface area contributed by atoms with Crippen LogP contribution in [0, 0.1) is 0 Å². The number of fused-ring (bicyclic) bond motifs is 4. The predicted molar refractivity (Wildman–Crippen MR) is 122 cm³/mol. The van der Waals surface area contributed by atoms with Gasteiger partial charge in [-0.15, -0.1) is 5.10 Å². The third-order valence-corrected chi connectivity index (χ3v) is 6.81. The van der Waals surface area contributed by atoms with Crippen LogP contribution in [0.25, 0.3) is 22.9 Å². The molecular weight excluding hydrogens is 422 g/mol. The van der Waals surface area contributed by atoms with Crippen LogP contribution in [0.15, 0.2) is 64.9 Å². The molecule has 8 nitrogen and oxygen atoms in total. The number of hydrogen-bond donors (Lipinski definition) is 0. The van der Waals surface area contributed by atoms with Crippen LogP contribution in [0.4, 0.5) is 0 Å². The highest BCUT2D eigenvalue weighted by atomic mass is 32.2. The number of imidazole rings is 1. The topological polar surface area (TPSA) is 82.9 Å². The van der Waals surface area contributed by atoms with Gasteiger partial charge >= 0.3 is 0 Å². The van der Waals surface area contributed by atoms with Crippen LogP contribution in [-0.4, -0.2) is 33.7 Å². The molecule has 0 radical (unpaired) electrons. The first kappa shape index (κ1) is 19.2. The van der Waals surface area contributed by atoms with Crippen molar-refractivity contribution in [1.29, 1.82) is 0 Å². The van der Waals surface area contributed by atoms with Gasteiger partial charge in [0, 0.05) is 36.6 Å². The molecule has 3 aliphatic heterocycles. The molecule has 6 rings (SSSR count). The lowest BCUT2D eigenvalue weighted by atomic mass is 10.1. The van der Waals surface area contributed by atoms with E-state index < -0.39 is 0 Å². The largest absolute Gasteiger partial charge is 0.324 e. The highest BCUT2D eigenvalue weighted by molar-refractivity contribution is 7.98. The van der Waals surface area contributed by atoms with Crippen LogP contribution in [0.1, 0.15) is 30.7 Å². The van der Waals surface area contributed by atoms with E-state index in [0.29, 0.717) is 22.9 Å². The van der Waals surface area contributed by atoms with E-state index in [9.17, 15) is 4.79 Å². The standard InChI is InChI=1S/C23H21N7OS/c31-21-19-18-10-5-2-6-13-29(18)23(26-20(19)27-30(21)17-8-3-1-4-9-17)32-15-16-14-28-12-7-11-24-22(28)25-16/h1,3-4,7-9,11-12,14H,2,5-6,10,13,15H2. The summed E-state index contributed by atoms with van der Waals surface area (Å²) in [6.45, 7) is 0.864. The molecule has 0 saturated heterocycles. The summed E-state index contributed by atoms with van der Waals surface area (Å²) in [6, 6.07) is 11.4. The number of nitrogens with zero attached hydrogens (tertiary/aromatic N) is 7. The third-order valence-electron chi connectivity index (χ3n) is 5.80. The summed E-state index contributed by atoms with van der Waals surface area (Å²) in [7, 11) is 0. The molecule has 0 amide bonds. The molecule has 0 spiro atoms. The molecule has 32 heavy (non-hydrogen) atoms. The summed E-state index contributed by atoms with van der Waals surface area (Å²) >= 11 is 1.64. The zero-order chi connectivity index (χ0) is 21.5. The normalized spacial score (nSPS) is 14.0. The van der Waals surface area contributed by atoms with Crippen molar-refractivity contribution >= 4 is 17.5 Å². The monoisotopic (exact) mass is 443 g/mol. The molecule has 5 heterocycles. The molecule has 3 aliphatic rings. The van der Waals surface area contributed by atoms with Crippen molar-refractivity contribution in [2.75, 3.05) is 0 Å². The minimum absolute atomic E-state index is 0.0904. The van der Waals surface area contributed by atoms with Crippen LogP contribution in [0.5, 0.6) is 0 Å². The lowest BCUT2D eigenvalue weighted by Crippen LogP contribution is -2.19. The van der Waals surface area contributed by atoms with Crippen molar-refractivity contribution in [2.24, 2.45) is 0 Å². The molecule has 1 aromatic carbocycles. The number of rotatable bonds is 4. The van der Waals surface area contributed by atoms with Crippen molar-refractivity contribution in [3.05, 3.63) is 76.7 Å². The van der Waals surface area contributed by atoms with Gasteiger partial charge in [0.25, 0.3) is 5.56 Å². The van der Waals surface area contributed by atoms with E-state index in [1.165, 1.54) is 4.68 Å². The van der Waals surface area contributed by atoms with Gasteiger partial charge in [-0.3, -0.25) is 9.20 Å². The van der Waals surface area contributed by atoms with Crippen molar-refractivity contribution in [2.45, 2.75) is 43.1 Å². The van der Waals surface area contributed by atoms with E-state index in [-0.39, 0.29) is 5.56 Å². The Morgan fingerprint density at radius 3 is 2.81 bits per heavy atom. The van der Waals surface area contributed by atoms with Gasteiger partial charge in [-0.2, -0.15) is 4.68 Å². The minimum atomic E-state index is -0.0904. The maximum atomic E-state index is 13.3. The Bertz CT molecular complexity index is 1400. The summed E-state index contributed by atoms with van der Waals surface area (Å²) in [6.07, 6.45) is 9.84. The molecule has 0 aliphatic carbocycles. The van der Waals surface area contributed by atoms with E-state index in [0.717, 1.165) is 54.5 Å². The minimum Gasteiger partial charge on any atom is -0.324 e. The quantitative estimate of drug-likeness (QED) is 0.312. The summed E-state index contributed by atoms with van der Waals surface area (Å²) < 4.78 is 5.63. The van der Waals surface area contributed by atoms with Crippen LogP contribution in [0.3, 0.4) is 0 Å². The number of para-hydroxylation sites is 1. The van der Waals surface area contributed by atoms with Crippen molar-refractivity contribution in [3.8, 4) is 17.1 Å². The molecule has 0 N–H and O–H groups in total. The molecule has 3 aromatic rings. The second-order valence-electron chi connectivity index (χ2n) is 7.90. The summed E-state index contributed by atoms with van der Waals surface area (Å²) in [5.41, 5.74) is 3.32. The number of benzene rings is 1. The average Bonchev–Trinajstić information content (AvgIpc) is 3.29. The first-order valence-electron chi connectivity index (χ1n) is 10.8. The van der Waals surface area contributed by atoms with Gasteiger partial charge in [-0.25, -0.2) is 15.0 Å². The molecule has 0 bridgehead atoms. The van der Waals surface area contributed by atoms with E-state index in [2.05, 4.69) is 19.6 Å². The molecule has 0 saturated carbocycles. The van der Waals surface area contributed by atoms with Gasteiger partial charge in [0.05, 0.1) is 11.4 Å². The highest BCUT2D eigenvalue weighted by Gasteiger charge is 2.27. The second kappa shape index (κ2) is 7.90. The van der Waals surface area contributed by atoms with Gasteiger partial charge in [-0.05, 0) is 37.5 Å². The smallest absolute Gasteiger partial charge is 0.284 e. The van der Waals surface area contributed by atoms with Gasteiger partial charge < -0.3 is 4.57 Å². The maximum absolute atomic E-state index is 13.3. The van der Waals surface area contributed by atoms with Crippen LogP contribution < -0.4 is 5.56 Å². The van der Waals surface area contributed by atoms with Gasteiger partial charge in [0.15, 0.2) is 11.0 Å². The Morgan fingerprint density at radius 2 is 1.94 bits per heavy atom. The Balaban J connectivity index is 1.44. The zero-order valence-electron chi connectivity index (χ0n) is 17.4. The molecular formula is C23H21N7OS. The lowest BCUT2D eigenvalue weighted by Gasteiger charge is -2.17.